The third-order valence-corrected chi connectivity index (χ3v) is 3.22. The zero-order valence-corrected chi connectivity index (χ0v) is 11.4. The zero-order valence-electron chi connectivity index (χ0n) is 11.4. The number of nitrogens with one attached hydrogen (secondary N) is 2. The van der Waals surface area contributed by atoms with Crippen molar-refractivity contribution >= 4 is 17.4 Å². The highest BCUT2D eigenvalue weighted by molar-refractivity contribution is 5.88. The van der Waals surface area contributed by atoms with Crippen LogP contribution < -0.4 is 10.6 Å². The number of hydrogen-bond donors (Lipinski definition) is 2. The minimum Gasteiger partial charge on any atom is -0.370 e. The first-order valence-corrected chi connectivity index (χ1v) is 6.89. The Kier molecular flexibility index (Phi) is 4.95. The van der Waals surface area contributed by atoms with E-state index in [9.17, 15) is 4.79 Å². The number of nitrogens with zero attached hydrogens (tertiary/aromatic N) is 1. The first-order chi connectivity index (χ1) is 9.24. The van der Waals surface area contributed by atoms with Crippen LogP contribution in [0.4, 0.5) is 11.5 Å². The minimum absolute atomic E-state index is 0.0771. The Morgan fingerprint density at radius 2 is 2.26 bits per heavy atom. The normalized spacial score (nSPS) is 14.7. The number of carbonyl (C=O) groups is 1. The van der Waals surface area contributed by atoms with Crippen LogP contribution in [0.2, 0.25) is 0 Å². The van der Waals surface area contributed by atoms with Gasteiger partial charge in [0.05, 0.1) is 11.9 Å². The van der Waals surface area contributed by atoms with Crippen LogP contribution in [-0.2, 0) is 4.79 Å². The lowest BCUT2D eigenvalue weighted by atomic mass is 9.97. The molecule has 0 atom stereocenters. The number of pyridine rings is 1. The third kappa shape index (κ3) is 4.73. The molecule has 1 aromatic rings. The van der Waals surface area contributed by atoms with Gasteiger partial charge in [-0.05, 0) is 44.2 Å². The first-order valence-electron chi connectivity index (χ1n) is 6.89. The van der Waals surface area contributed by atoms with E-state index >= 15 is 0 Å². The maximum Gasteiger partial charge on any atom is 0.221 e. The van der Waals surface area contributed by atoms with Crippen molar-refractivity contribution in [2.24, 2.45) is 0 Å². The summed E-state index contributed by atoms with van der Waals surface area (Å²) >= 11 is 0. The van der Waals surface area contributed by atoms with E-state index in [0.717, 1.165) is 24.5 Å². The molecular weight excluding hydrogens is 238 g/mol. The van der Waals surface area contributed by atoms with Crippen molar-refractivity contribution in [2.45, 2.75) is 39.0 Å². The zero-order chi connectivity index (χ0) is 13.5. The quantitative estimate of drug-likeness (QED) is 0.797. The molecule has 0 unspecified atom stereocenters. The van der Waals surface area contributed by atoms with Crippen molar-refractivity contribution in [3.8, 4) is 0 Å². The Labute approximate surface area is 114 Å². The molecule has 19 heavy (non-hydrogen) atoms. The summed E-state index contributed by atoms with van der Waals surface area (Å²) < 4.78 is 0. The molecule has 0 saturated heterocycles. The van der Waals surface area contributed by atoms with Crippen molar-refractivity contribution < 1.29 is 4.79 Å². The molecule has 0 saturated carbocycles. The molecule has 0 fully saturated rings. The predicted molar refractivity (Wildman–Crippen MR) is 78.2 cm³/mol. The minimum atomic E-state index is -0.0771. The Morgan fingerprint density at radius 1 is 1.37 bits per heavy atom. The van der Waals surface area contributed by atoms with Gasteiger partial charge in [0.1, 0.15) is 5.82 Å². The number of amides is 1. The van der Waals surface area contributed by atoms with Gasteiger partial charge in [-0.15, -0.1) is 0 Å². The molecule has 1 heterocycles. The van der Waals surface area contributed by atoms with E-state index in [0.29, 0.717) is 0 Å². The van der Waals surface area contributed by atoms with E-state index in [1.54, 1.807) is 11.8 Å². The lowest BCUT2D eigenvalue weighted by Gasteiger charge is -2.13. The molecule has 102 valence electrons. The van der Waals surface area contributed by atoms with Crippen LogP contribution in [0.1, 0.15) is 39.0 Å². The van der Waals surface area contributed by atoms with Crippen molar-refractivity contribution in [3.63, 3.8) is 0 Å². The standard InChI is InChI=1S/C15H21N3O/c1-12(19)18-14-7-8-15(17-11-14)16-10-9-13-5-3-2-4-6-13/h5,7-8,11H,2-4,6,9-10H2,1H3,(H,16,17)(H,18,19). The van der Waals surface area contributed by atoms with Crippen LogP contribution in [0, 0.1) is 0 Å². The summed E-state index contributed by atoms with van der Waals surface area (Å²) in [6.07, 6.45) is 10.3. The van der Waals surface area contributed by atoms with E-state index in [1.807, 2.05) is 12.1 Å². The van der Waals surface area contributed by atoms with Crippen molar-refractivity contribution in [1.82, 2.24) is 4.98 Å². The number of allylic oxidation sites excluding steroid dienone is 1. The van der Waals surface area contributed by atoms with Crippen molar-refractivity contribution in [3.05, 3.63) is 30.0 Å². The summed E-state index contributed by atoms with van der Waals surface area (Å²) in [6, 6.07) is 3.75. The average molecular weight is 259 g/mol. The van der Waals surface area contributed by atoms with Gasteiger partial charge >= 0.3 is 0 Å². The second-order valence-electron chi connectivity index (χ2n) is 4.90. The van der Waals surface area contributed by atoms with Gasteiger partial charge in [0.2, 0.25) is 5.91 Å². The van der Waals surface area contributed by atoms with E-state index in [4.69, 9.17) is 0 Å². The molecule has 0 radical (unpaired) electrons. The van der Waals surface area contributed by atoms with Crippen LogP contribution in [-0.4, -0.2) is 17.4 Å². The van der Waals surface area contributed by atoms with Gasteiger partial charge < -0.3 is 10.6 Å². The lowest BCUT2D eigenvalue weighted by molar-refractivity contribution is -0.114. The molecule has 0 spiro atoms. The average Bonchev–Trinajstić information content (AvgIpc) is 2.41. The smallest absolute Gasteiger partial charge is 0.221 e. The molecule has 2 rings (SSSR count). The largest absolute Gasteiger partial charge is 0.370 e. The number of aromatic nitrogens is 1. The number of anilines is 2. The molecule has 1 aromatic heterocycles. The van der Waals surface area contributed by atoms with Crippen molar-refractivity contribution in [2.75, 3.05) is 17.2 Å². The van der Waals surface area contributed by atoms with Gasteiger partial charge in [0.25, 0.3) is 0 Å². The van der Waals surface area contributed by atoms with Crippen molar-refractivity contribution in [1.29, 1.82) is 0 Å². The first kappa shape index (κ1) is 13.6. The molecular formula is C15H21N3O. The third-order valence-electron chi connectivity index (χ3n) is 3.22. The number of carbonyl (C=O) groups excluding carboxylic acids is 1. The fourth-order valence-corrected chi connectivity index (χ4v) is 2.26. The monoisotopic (exact) mass is 259 g/mol. The van der Waals surface area contributed by atoms with Gasteiger partial charge in [0.15, 0.2) is 0 Å². The molecule has 4 heteroatoms. The number of hydrogen-bond acceptors (Lipinski definition) is 3. The van der Waals surface area contributed by atoms with E-state index < -0.39 is 0 Å². The van der Waals surface area contributed by atoms with Gasteiger partial charge in [-0.2, -0.15) is 0 Å². The topological polar surface area (TPSA) is 54.0 Å². The fraction of sp³-hybridized carbons (Fsp3) is 0.467. The van der Waals surface area contributed by atoms with Gasteiger partial charge in [-0.1, -0.05) is 11.6 Å². The highest BCUT2D eigenvalue weighted by atomic mass is 16.1. The molecule has 4 nitrogen and oxygen atoms in total. The lowest BCUT2D eigenvalue weighted by Crippen LogP contribution is -2.08. The molecule has 0 aromatic carbocycles. The molecule has 1 aliphatic carbocycles. The maximum atomic E-state index is 10.9. The summed E-state index contributed by atoms with van der Waals surface area (Å²) in [4.78, 5) is 15.2. The summed E-state index contributed by atoms with van der Waals surface area (Å²) in [5, 5.41) is 6.01. The van der Waals surface area contributed by atoms with E-state index in [1.165, 1.54) is 32.6 Å². The van der Waals surface area contributed by atoms with Gasteiger partial charge in [-0.25, -0.2) is 4.98 Å². The van der Waals surface area contributed by atoms with Crippen LogP contribution in [0.25, 0.3) is 0 Å². The van der Waals surface area contributed by atoms with Crippen LogP contribution in [0.15, 0.2) is 30.0 Å². The number of rotatable bonds is 5. The second kappa shape index (κ2) is 6.92. The summed E-state index contributed by atoms with van der Waals surface area (Å²) in [7, 11) is 0. The van der Waals surface area contributed by atoms with Crippen LogP contribution >= 0.6 is 0 Å². The Hall–Kier alpha value is -1.84. The maximum absolute atomic E-state index is 10.9. The predicted octanol–water partition coefficient (Wildman–Crippen LogP) is 3.34. The second-order valence-corrected chi connectivity index (χ2v) is 4.90. The Balaban J connectivity index is 1.76. The summed E-state index contributed by atoms with van der Waals surface area (Å²) in [5.41, 5.74) is 2.29. The molecule has 1 aliphatic rings. The Bertz CT molecular complexity index is 451. The summed E-state index contributed by atoms with van der Waals surface area (Å²) in [6.45, 7) is 2.41. The van der Waals surface area contributed by atoms with Gasteiger partial charge in [-0.3, -0.25) is 4.79 Å². The highest BCUT2D eigenvalue weighted by Gasteiger charge is 2.03. The Morgan fingerprint density at radius 3 is 2.89 bits per heavy atom. The molecule has 0 bridgehead atoms. The van der Waals surface area contributed by atoms with Crippen LogP contribution in [0.5, 0.6) is 0 Å². The fourth-order valence-electron chi connectivity index (χ4n) is 2.26. The molecule has 2 N–H and O–H groups in total. The van der Waals surface area contributed by atoms with E-state index in [2.05, 4.69) is 21.7 Å². The molecule has 1 amide bonds. The SMILES string of the molecule is CC(=O)Nc1ccc(NCCC2=CCCCC2)nc1. The summed E-state index contributed by atoms with van der Waals surface area (Å²) in [5.74, 6) is 0.775. The van der Waals surface area contributed by atoms with Crippen LogP contribution in [0.3, 0.4) is 0 Å². The van der Waals surface area contributed by atoms with Gasteiger partial charge in [0, 0.05) is 13.5 Å². The molecule has 0 aliphatic heterocycles. The van der Waals surface area contributed by atoms with E-state index in [-0.39, 0.29) is 5.91 Å². The highest BCUT2D eigenvalue weighted by Crippen LogP contribution is 2.20.